The number of hydrogen-bond acceptors (Lipinski definition) is 2. The normalized spacial score (nSPS) is 12.5. The van der Waals surface area contributed by atoms with Gasteiger partial charge in [0.25, 0.3) is 0 Å². The third-order valence-electron chi connectivity index (χ3n) is 4.63. The summed E-state index contributed by atoms with van der Waals surface area (Å²) in [6.45, 7) is 0. The van der Waals surface area contributed by atoms with E-state index in [9.17, 15) is 0 Å². The van der Waals surface area contributed by atoms with E-state index in [4.69, 9.17) is 0 Å². The second-order valence-corrected chi connectivity index (χ2v) is 7.96. The van der Waals surface area contributed by atoms with Crippen molar-refractivity contribution >= 4 is 63.0 Å². The van der Waals surface area contributed by atoms with Gasteiger partial charge in [0, 0.05) is 40.7 Å². The van der Waals surface area contributed by atoms with Gasteiger partial charge in [0.15, 0.2) is 0 Å². The average molecular weight is 314 g/mol. The predicted molar refractivity (Wildman–Crippen MR) is 100 cm³/mol. The zero-order valence-electron chi connectivity index (χ0n) is 11.6. The van der Waals surface area contributed by atoms with Crippen molar-refractivity contribution in [3.63, 3.8) is 0 Å². The lowest BCUT2D eigenvalue weighted by atomic mass is 9.93. The number of hydrogen-bond donors (Lipinski definition) is 0. The maximum atomic E-state index is 2.29. The average Bonchev–Trinajstić information content (AvgIpc) is 2.57. The Morgan fingerprint density at radius 1 is 0.455 bits per heavy atom. The minimum absolute atomic E-state index is 1.35. The monoisotopic (exact) mass is 314 g/mol. The van der Waals surface area contributed by atoms with Crippen LogP contribution in [0, 0.1) is 0 Å². The van der Waals surface area contributed by atoms with Crippen molar-refractivity contribution in [3.05, 3.63) is 60.7 Å². The lowest BCUT2D eigenvalue weighted by Gasteiger charge is -2.20. The molecule has 0 saturated heterocycles. The molecule has 2 aliphatic heterocycles. The Hall–Kier alpha value is -2.16. The van der Waals surface area contributed by atoms with Gasteiger partial charge in [-0.2, -0.15) is 0 Å². The molecule has 0 saturated carbocycles. The molecule has 102 valence electrons. The van der Waals surface area contributed by atoms with Crippen LogP contribution < -0.4 is 0 Å². The maximum Gasteiger partial charge on any atom is 0.0362 e. The Kier molecular flexibility index (Phi) is 1.96. The summed E-state index contributed by atoms with van der Waals surface area (Å²) in [4.78, 5) is 0. The summed E-state index contributed by atoms with van der Waals surface area (Å²) in [6, 6.07) is 22.4. The molecular formula is C20H10S2. The highest BCUT2D eigenvalue weighted by molar-refractivity contribution is 7.27. The molecule has 0 nitrogen and oxygen atoms in total. The summed E-state index contributed by atoms with van der Waals surface area (Å²) in [5.41, 5.74) is 2.91. The van der Waals surface area contributed by atoms with E-state index in [-0.39, 0.29) is 0 Å². The fourth-order valence-electron chi connectivity index (χ4n) is 3.73. The Morgan fingerprint density at radius 2 is 0.955 bits per heavy atom. The van der Waals surface area contributed by atoms with Crippen LogP contribution >= 0.6 is 22.7 Å². The maximum absolute atomic E-state index is 2.29. The van der Waals surface area contributed by atoms with Crippen molar-refractivity contribution in [2.75, 3.05) is 0 Å². The first-order valence-corrected chi connectivity index (χ1v) is 9.01. The third-order valence-corrected chi connectivity index (χ3v) is 6.87. The summed E-state index contributed by atoms with van der Waals surface area (Å²) < 4.78 is 5.57. The Labute approximate surface area is 134 Å². The summed E-state index contributed by atoms with van der Waals surface area (Å²) in [6.07, 6.45) is 0. The van der Waals surface area contributed by atoms with E-state index in [0.717, 1.165) is 0 Å². The molecule has 0 radical (unpaired) electrons. The molecule has 2 heterocycles. The quantitative estimate of drug-likeness (QED) is 0.210. The van der Waals surface area contributed by atoms with E-state index in [1.54, 1.807) is 0 Å². The van der Waals surface area contributed by atoms with Crippen LogP contribution in [0.3, 0.4) is 0 Å². The molecular weight excluding hydrogens is 304 g/mol. The van der Waals surface area contributed by atoms with Gasteiger partial charge >= 0.3 is 0 Å². The molecule has 22 heavy (non-hydrogen) atoms. The minimum Gasteiger partial charge on any atom is -0.135 e. The second-order valence-electron chi connectivity index (χ2n) is 5.79. The van der Waals surface area contributed by atoms with Crippen LogP contribution in [-0.4, -0.2) is 0 Å². The molecule has 4 aromatic carbocycles. The number of benzene rings is 4. The molecule has 6 rings (SSSR count). The largest absolute Gasteiger partial charge is 0.135 e. The first-order valence-electron chi connectivity index (χ1n) is 7.38. The Morgan fingerprint density at radius 3 is 1.45 bits per heavy atom. The molecule has 0 atom stereocenters. The molecule has 0 aliphatic carbocycles. The van der Waals surface area contributed by atoms with Crippen LogP contribution in [0.1, 0.15) is 0 Å². The van der Waals surface area contributed by atoms with Crippen molar-refractivity contribution in [2.45, 2.75) is 0 Å². The van der Waals surface area contributed by atoms with Gasteiger partial charge < -0.3 is 0 Å². The Bertz CT molecular complexity index is 1170. The first-order chi connectivity index (χ1) is 10.9. The molecule has 0 fully saturated rings. The first kappa shape index (κ1) is 11.4. The fraction of sp³-hybridized carbons (Fsp3) is 0. The zero-order chi connectivity index (χ0) is 14.3. The third kappa shape index (κ3) is 1.24. The van der Waals surface area contributed by atoms with Gasteiger partial charge in [-0.3, -0.25) is 0 Å². The molecule has 2 aliphatic rings. The Balaban J connectivity index is 2.10. The molecule has 0 spiro atoms. The molecule has 0 bridgehead atoms. The van der Waals surface area contributed by atoms with Crippen LogP contribution in [-0.2, 0) is 0 Å². The van der Waals surface area contributed by atoms with Crippen LogP contribution in [0.5, 0.6) is 0 Å². The SMILES string of the molecule is c1cc2ccc3sc4cccc5ccc6sc(c1)c2c3-c6c54. The van der Waals surface area contributed by atoms with Gasteiger partial charge in [-0.1, -0.05) is 36.4 Å². The van der Waals surface area contributed by atoms with Gasteiger partial charge in [0.05, 0.1) is 0 Å². The standard InChI is InChI=1S/C20H10S2/c1-3-11-7-9-16-19-17(11)13(5-1)21-15-10-8-12-4-2-6-14(22-16)18(12)20(15)19/h1-10H. The van der Waals surface area contributed by atoms with E-state index >= 15 is 0 Å². The van der Waals surface area contributed by atoms with Gasteiger partial charge in [-0.15, -0.1) is 22.7 Å². The van der Waals surface area contributed by atoms with Crippen molar-refractivity contribution < 1.29 is 0 Å². The van der Waals surface area contributed by atoms with Gasteiger partial charge in [-0.05, 0) is 35.0 Å². The van der Waals surface area contributed by atoms with E-state index in [1.165, 1.54) is 51.5 Å². The zero-order valence-corrected chi connectivity index (χ0v) is 13.2. The highest BCUT2D eigenvalue weighted by Gasteiger charge is 2.21. The van der Waals surface area contributed by atoms with Crippen LogP contribution in [0.4, 0.5) is 0 Å². The van der Waals surface area contributed by atoms with Gasteiger partial charge in [0.2, 0.25) is 0 Å². The molecule has 4 aromatic rings. The lowest BCUT2D eigenvalue weighted by Crippen LogP contribution is -1.91. The summed E-state index contributed by atoms with van der Waals surface area (Å²) in [5, 5.41) is 5.58. The van der Waals surface area contributed by atoms with Crippen molar-refractivity contribution in [3.8, 4) is 11.1 Å². The van der Waals surface area contributed by atoms with E-state index in [2.05, 4.69) is 60.7 Å². The van der Waals surface area contributed by atoms with E-state index < -0.39 is 0 Å². The topological polar surface area (TPSA) is 0 Å². The minimum atomic E-state index is 1.35. The molecule has 0 aromatic heterocycles. The smallest absolute Gasteiger partial charge is 0.0362 e. The van der Waals surface area contributed by atoms with Gasteiger partial charge in [0.1, 0.15) is 0 Å². The highest BCUT2D eigenvalue weighted by Crippen LogP contribution is 2.51. The van der Waals surface area contributed by atoms with Crippen molar-refractivity contribution in [2.24, 2.45) is 0 Å². The molecule has 0 amide bonds. The lowest BCUT2D eigenvalue weighted by molar-refractivity contribution is 1.80. The van der Waals surface area contributed by atoms with E-state index in [0.29, 0.717) is 0 Å². The van der Waals surface area contributed by atoms with E-state index in [1.807, 2.05) is 22.7 Å². The van der Waals surface area contributed by atoms with Gasteiger partial charge in [-0.25, -0.2) is 0 Å². The second kappa shape index (κ2) is 3.78. The van der Waals surface area contributed by atoms with Crippen LogP contribution in [0.2, 0.25) is 0 Å². The fourth-order valence-corrected chi connectivity index (χ4v) is 6.02. The predicted octanol–water partition coefficient (Wildman–Crippen LogP) is 6.97. The van der Waals surface area contributed by atoms with Crippen molar-refractivity contribution in [1.29, 1.82) is 0 Å². The summed E-state index contributed by atoms with van der Waals surface area (Å²) in [7, 11) is 0. The molecule has 0 unspecified atom stereocenters. The van der Waals surface area contributed by atoms with Crippen LogP contribution in [0.15, 0.2) is 60.7 Å². The molecule has 0 N–H and O–H groups in total. The highest BCUT2D eigenvalue weighted by atomic mass is 32.1. The number of rotatable bonds is 0. The van der Waals surface area contributed by atoms with Crippen molar-refractivity contribution in [1.82, 2.24) is 0 Å². The molecule has 2 heteroatoms. The summed E-state index contributed by atoms with van der Waals surface area (Å²) >= 11 is 3.83. The summed E-state index contributed by atoms with van der Waals surface area (Å²) in [5.74, 6) is 0. The van der Waals surface area contributed by atoms with Crippen LogP contribution in [0.25, 0.3) is 51.5 Å².